The van der Waals surface area contributed by atoms with Crippen molar-refractivity contribution in [1.29, 1.82) is 0 Å². The Hall–Kier alpha value is 0.01000. The molecule has 0 amide bonds. The lowest BCUT2D eigenvalue weighted by molar-refractivity contribution is 0.987. The Morgan fingerprint density at radius 1 is 0.684 bits per heavy atom. The minimum atomic E-state index is 1.17. The van der Waals surface area contributed by atoms with Crippen LogP contribution in [-0.2, 0) is 17.3 Å². The Morgan fingerprint density at radius 2 is 1.21 bits per heavy atom. The van der Waals surface area contributed by atoms with E-state index in [4.69, 9.17) is 0 Å². The van der Waals surface area contributed by atoms with Gasteiger partial charge in [0, 0.05) is 23.0 Å². The van der Waals surface area contributed by atoms with Crippen molar-refractivity contribution < 1.29 is 0 Å². The van der Waals surface area contributed by atoms with E-state index in [0.29, 0.717) is 0 Å². The van der Waals surface area contributed by atoms with Crippen molar-refractivity contribution in [2.75, 3.05) is 17.3 Å². The van der Waals surface area contributed by atoms with Crippen LogP contribution in [0.2, 0.25) is 0 Å². The fraction of sp³-hybridized carbons (Fsp3) is 0.500. The van der Waals surface area contributed by atoms with Gasteiger partial charge in [-0.15, -0.1) is 0 Å². The highest BCUT2D eigenvalue weighted by atomic mass is 32.2. The summed E-state index contributed by atoms with van der Waals surface area (Å²) in [6.07, 6.45) is 5.08. The summed E-state index contributed by atoms with van der Waals surface area (Å²) in [5.74, 6) is 7.28. The highest BCUT2D eigenvalue weighted by Gasteiger charge is 2.07. The lowest BCUT2D eigenvalue weighted by Gasteiger charge is -2.14. The van der Waals surface area contributed by atoms with Crippen LogP contribution in [0.25, 0.3) is 0 Å². The van der Waals surface area contributed by atoms with Gasteiger partial charge in [-0.1, -0.05) is 29.8 Å². The normalized spacial score (nSPS) is 20.7. The highest BCUT2D eigenvalue weighted by molar-refractivity contribution is 7.99. The second kappa shape index (κ2) is 7.14. The van der Waals surface area contributed by atoms with Crippen molar-refractivity contribution in [2.45, 2.75) is 30.1 Å². The zero-order valence-electron chi connectivity index (χ0n) is 11.2. The molecular weight excluding hydrogens is 288 g/mol. The molecular formula is C16H20S3. The van der Waals surface area contributed by atoms with E-state index in [1.807, 2.05) is 0 Å². The van der Waals surface area contributed by atoms with Gasteiger partial charge in [0.25, 0.3) is 0 Å². The Morgan fingerprint density at radius 3 is 1.79 bits per heavy atom. The summed E-state index contributed by atoms with van der Waals surface area (Å²) in [4.78, 5) is 0. The first kappa shape index (κ1) is 14.0. The van der Waals surface area contributed by atoms with Crippen molar-refractivity contribution in [3.8, 4) is 0 Å². The molecule has 4 bridgehead atoms. The van der Waals surface area contributed by atoms with Gasteiger partial charge in [-0.2, -0.15) is 35.3 Å². The highest BCUT2D eigenvalue weighted by Crippen LogP contribution is 2.27. The van der Waals surface area contributed by atoms with Crippen LogP contribution in [0.3, 0.4) is 0 Å². The largest absolute Gasteiger partial charge is 0.157 e. The predicted octanol–water partition coefficient (Wildman–Crippen LogP) is 5.12. The van der Waals surface area contributed by atoms with E-state index < -0.39 is 0 Å². The third-order valence-corrected chi connectivity index (χ3v) is 6.54. The van der Waals surface area contributed by atoms with E-state index in [-0.39, 0.29) is 0 Å². The standard InChI is InChI=1S/C16H20S3/c1-4-17-10-14-7-15-9-16(8-14)12-19-6-3-13(1)2-5-18-11-15/h1,7-9H,2-6,10-12H2. The first-order valence-corrected chi connectivity index (χ1v) is 10.4. The molecule has 0 atom stereocenters. The quantitative estimate of drug-likeness (QED) is 0.611. The molecule has 3 aliphatic rings. The van der Waals surface area contributed by atoms with Crippen molar-refractivity contribution in [3.05, 3.63) is 46.5 Å². The summed E-state index contributed by atoms with van der Waals surface area (Å²) in [5.41, 5.74) is 6.28. The number of allylic oxidation sites excluding steroid dienone is 1. The molecule has 0 nitrogen and oxygen atoms in total. The summed E-state index contributed by atoms with van der Waals surface area (Å²) in [6.45, 7) is 0. The molecule has 1 aromatic rings. The molecule has 0 aromatic heterocycles. The number of benzene rings is 1. The molecule has 3 aliphatic heterocycles. The van der Waals surface area contributed by atoms with E-state index in [0.717, 1.165) is 0 Å². The van der Waals surface area contributed by atoms with Gasteiger partial charge in [0.15, 0.2) is 0 Å². The van der Waals surface area contributed by atoms with Gasteiger partial charge >= 0.3 is 0 Å². The Balaban J connectivity index is 1.92. The molecule has 19 heavy (non-hydrogen) atoms. The van der Waals surface area contributed by atoms with Crippen LogP contribution in [-0.4, -0.2) is 17.3 Å². The third-order valence-electron chi connectivity index (χ3n) is 3.54. The monoisotopic (exact) mass is 308 g/mol. The first-order valence-electron chi connectivity index (χ1n) is 6.93. The maximum Gasteiger partial charge on any atom is 0.0187 e. The summed E-state index contributed by atoms with van der Waals surface area (Å²) in [6, 6.07) is 7.27. The van der Waals surface area contributed by atoms with E-state index in [1.165, 1.54) is 64.0 Å². The minimum absolute atomic E-state index is 1.17. The lowest BCUT2D eigenvalue weighted by Crippen LogP contribution is -1.98. The Kier molecular flexibility index (Phi) is 5.25. The van der Waals surface area contributed by atoms with E-state index >= 15 is 0 Å². The fourth-order valence-corrected chi connectivity index (χ4v) is 5.34. The number of rotatable bonds is 0. The van der Waals surface area contributed by atoms with Crippen LogP contribution in [0.15, 0.2) is 29.8 Å². The van der Waals surface area contributed by atoms with Crippen LogP contribution in [0.5, 0.6) is 0 Å². The topological polar surface area (TPSA) is 0 Å². The SMILES string of the molecule is C1=C2CCSCc3cc(cc(c3)CSCC2)CSC1. The molecule has 0 radical (unpaired) electrons. The van der Waals surface area contributed by atoms with Gasteiger partial charge in [0.2, 0.25) is 0 Å². The summed E-state index contributed by atoms with van der Waals surface area (Å²) in [7, 11) is 0. The Bertz CT molecular complexity index is 433. The van der Waals surface area contributed by atoms with Gasteiger partial charge in [-0.05, 0) is 41.0 Å². The number of fused-ring (bicyclic) bond motifs is 9. The smallest absolute Gasteiger partial charge is 0.0187 e. The predicted molar refractivity (Wildman–Crippen MR) is 92.2 cm³/mol. The fourth-order valence-electron chi connectivity index (χ4n) is 2.56. The van der Waals surface area contributed by atoms with Gasteiger partial charge in [-0.25, -0.2) is 0 Å². The average molecular weight is 309 g/mol. The van der Waals surface area contributed by atoms with Crippen molar-refractivity contribution >= 4 is 35.3 Å². The maximum atomic E-state index is 2.50. The molecule has 3 heteroatoms. The Labute approximate surface area is 129 Å². The molecule has 102 valence electrons. The van der Waals surface area contributed by atoms with Crippen molar-refractivity contribution in [1.82, 2.24) is 0 Å². The van der Waals surface area contributed by atoms with Crippen LogP contribution in [0, 0.1) is 0 Å². The van der Waals surface area contributed by atoms with Crippen molar-refractivity contribution in [2.24, 2.45) is 0 Å². The third kappa shape index (κ3) is 4.24. The van der Waals surface area contributed by atoms with E-state index in [9.17, 15) is 0 Å². The van der Waals surface area contributed by atoms with E-state index in [1.54, 1.807) is 5.57 Å². The molecule has 4 rings (SSSR count). The van der Waals surface area contributed by atoms with Gasteiger partial charge in [0.05, 0.1) is 0 Å². The maximum absolute atomic E-state index is 2.50. The van der Waals surface area contributed by atoms with Gasteiger partial charge < -0.3 is 0 Å². The first-order chi connectivity index (χ1) is 9.40. The zero-order chi connectivity index (χ0) is 12.9. The molecule has 3 heterocycles. The van der Waals surface area contributed by atoms with Crippen LogP contribution < -0.4 is 0 Å². The second-order valence-corrected chi connectivity index (χ2v) is 8.38. The van der Waals surface area contributed by atoms with Crippen LogP contribution in [0.1, 0.15) is 29.5 Å². The number of thioether (sulfide) groups is 3. The molecule has 0 aliphatic carbocycles. The molecule has 1 aromatic carbocycles. The van der Waals surface area contributed by atoms with Crippen LogP contribution >= 0.6 is 35.3 Å². The lowest BCUT2D eigenvalue weighted by atomic mass is 10.1. The molecule has 0 N–H and O–H groups in total. The minimum Gasteiger partial charge on any atom is -0.157 e. The molecule has 0 saturated carbocycles. The van der Waals surface area contributed by atoms with Crippen molar-refractivity contribution in [3.63, 3.8) is 0 Å². The van der Waals surface area contributed by atoms with Gasteiger partial charge in [-0.3, -0.25) is 0 Å². The summed E-state index contributed by atoms with van der Waals surface area (Å²) < 4.78 is 0. The average Bonchev–Trinajstić information content (AvgIpc) is 2.40. The summed E-state index contributed by atoms with van der Waals surface area (Å²) >= 11 is 6.26. The molecule has 0 fully saturated rings. The number of hydrogen-bond acceptors (Lipinski definition) is 3. The summed E-state index contributed by atoms with van der Waals surface area (Å²) in [5, 5.41) is 0. The zero-order valence-corrected chi connectivity index (χ0v) is 13.6. The molecule has 0 unspecified atom stereocenters. The molecule has 0 saturated heterocycles. The number of hydrogen-bond donors (Lipinski definition) is 0. The van der Waals surface area contributed by atoms with Gasteiger partial charge in [0.1, 0.15) is 0 Å². The van der Waals surface area contributed by atoms with Crippen LogP contribution in [0.4, 0.5) is 0 Å². The van der Waals surface area contributed by atoms with E-state index in [2.05, 4.69) is 59.6 Å². The molecule has 0 spiro atoms. The second-order valence-electron chi connectivity index (χ2n) is 5.14.